The molecular formula is C41H62N4O8. The molecule has 3 atom stereocenters. The van der Waals surface area contributed by atoms with Crippen molar-refractivity contribution in [3.8, 4) is 0 Å². The Morgan fingerprint density at radius 1 is 0.906 bits per heavy atom. The van der Waals surface area contributed by atoms with Gasteiger partial charge in [-0.3, -0.25) is 14.4 Å². The second-order valence-electron chi connectivity index (χ2n) is 14.2. The van der Waals surface area contributed by atoms with Crippen LogP contribution in [0.4, 0.5) is 4.79 Å². The molecule has 3 heterocycles. The number of pyridine rings is 1. The Labute approximate surface area is 314 Å². The van der Waals surface area contributed by atoms with Gasteiger partial charge in [0.1, 0.15) is 17.2 Å². The van der Waals surface area contributed by atoms with Crippen molar-refractivity contribution in [1.29, 1.82) is 0 Å². The van der Waals surface area contributed by atoms with Gasteiger partial charge in [0.25, 0.3) is 5.56 Å². The lowest BCUT2D eigenvalue weighted by atomic mass is 9.92. The third-order valence-electron chi connectivity index (χ3n) is 8.90. The maximum atomic E-state index is 12.9. The average molecular weight is 739 g/mol. The second kappa shape index (κ2) is 21.9. The number of hydrogen-bond acceptors (Lipinski definition) is 8. The lowest BCUT2D eigenvalue weighted by Gasteiger charge is -2.32. The predicted molar refractivity (Wildman–Crippen MR) is 210 cm³/mol. The van der Waals surface area contributed by atoms with Gasteiger partial charge in [-0.1, -0.05) is 69.5 Å². The fourth-order valence-electron chi connectivity index (χ4n) is 6.21. The summed E-state index contributed by atoms with van der Waals surface area (Å²) < 4.78 is 10.0. The number of esters is 1. The molecule has 2 aliphatic rings. The molecule has 2 unspecified atom stereocenters. The first-order valence-corrected chi connectivity index (χ1v) is 19.1. The number of nitrogens with one attached hydrogen (secondary N) is 3. The van der Waals surface area contributed by atoms with E-state index >= 15 is 0 Å². The number of aliphatic hydroxyl groups is 1. The van der Waals surface area contributed by atoms with Crippen LogP contribution in [0.15, 0.2) is 53.3 Å². The fourth-order valence-corrected chi connectivity index (χ4v) is 6.21. The molecule has 5 rings (SSSR count). The van der Waals surface area contributed by atoms with E-state index in [-0.39, 0.29) is 35.7 Å². The molecule has 3 amide bonds. The Balaban J connectivity index is 0.000000311. The van der Waals surface area contributed by atoms with Crippen LogP contribution in [-0.4, -0.2) is 82.4 Å². The molecule has 2 fully saturated rings. The van der Waals surface area contributed by atoms with Crippen LogP contribution in [0.1, 0.15) is 113 Å². The van der Waals surface area contributed by atoms with E-state index in [9.17, 15) is 29.1 Å². The topological polar surface area (TPSA) is 167 Å². The van der Waals surface area contributed by atoms with E-state index in [4.69, 9.17) is 9.47 Å². The van der Waals surface area contributed by atoms with Gasteiger partial charge in [-0.05, 0) is 90.7 Å². The van der Waals surface area contributed by atoms with Crippen molar-refractivity contribution in [2.24, 2.45) is 0 Å². The summed E-state index contributed by atoms with van der Waals surface area (Å²) in [5.41, 5.74) is -0.725. The van der Waals surface area contributed by atoms with Crippen LogP contribution >= 0.6 is 0 Å². The van der Waals surface area contributed by atoms with Gasteiger partial charge in [-0.15, -0.1) is 0 Å². The highest BCUT2D eigenvalue weighted by Gasteiger charge is 2.41. The quantitative estimate of drug-likeness (QED) is 0.165. The van der Waals surface area contributed by atoms with Crippen LogP contribution in [0.2, 0.25) is 0 Å². The highest BCUT2D eigenvalue weighted by Crippen LogP contribution is 2.24. The Kier molecular flexibility index (Phi) is 18.5. The summed E-state index contributed by atoms with van der Waals surface area (Å²) in [4.78, 5) is 64.7. The van der Waals surface area contributed by atoms with Crippen molar-refractivity contribution in [1.82, 2.24) is 20.5 Å². The molecule has 0 radical (unpaired) electrons. The Bertz CT molecular complexity index is 1680. The number of benzene rings is 2. The van der Waals surface area contributed by atoms with E-state index in [1.165, 1.54) is 7.05 Å². The van der Waals surface area contributed by atoms with Crippen LogP contribution in [0.3, 0.4) is 0 Å². The Morgan fingerprint density at radius 3 is 2.15 bits per heavy atom. The zero-order chi connectivity index (χ0) is 39.6. The van der Waals surface area contributed by atoms with Gasteiger partial charge in [-0.2, -0.15) is 0 Å². The molecule has 4 N–H and O–H groups in total. The highest BCUT2D eigenvalue weighted by atomic mass is 16.6. The summed E-state index contributed by atoms with van der Waals surface area (Å²) >= 11 is 0. The minimum atomic E-state index is -1.20. The smallest absolute Gasteiger partial charge is 0.407 e. The molecule has 53 heavy (non-hydrogen) atoms. The summed E-state index contributed by atoms with van der Waals surface area (Å²) in [5, 5.41) is 18.3. The lowest BCUT2D eigenvalue weighted by molar-refractivity contribution is -0.154. The summed E-state index contributed by atoms with van der Waals surface area (Å²) in [6.45, 7) is 13.6. The lowest BCUT2D eigenvalue weighted by Crippen LogP contribution is -2.58. The van der Waals surface area contributed by atoms with Crippen molar-refractivity contribution >= 4 is 45.6 Å². The zero-order valence-corrected chi connectivity index (χ0v) is 33.0. The van der Waals surface area contributed by atoms with Gasteiger partial charge in [0.05, 0.1) is 12.7 Å². The monoisotopic (exact) mass is 738 g/mol. The number of nitrogens with zero attached hydrogens (tertiary/aromatic N) is 1. The molecule has 2 aromatic carbocycles. The molecule has 0 spiro atoms. The van der Waals surface area contributed by atoms with E-state index < -0.39 is 23.7 Å². The van der Waals surface area contributed by atoms with E-state index in [0.717, 1.165) is 53.8 Å². The predicted octanol–water partition coefficient (Wildman–Crippen LogP) is 6.76. The number of carbonyl (C=O) groups excluding carboxylic acids is 4. The van der Waals surface area contributed by atoms with Crippen molar-refractivity contribution < 1.29 is 33.8 Å². The molecule has 3 aromatic rings. The standard InChI is InChI=1S/C20H34N2O5.C13H9NO.C6H13NO2.C2H6/c1-3-27-19(26)20(2)13-12-15(23)9-6-4-5-7-11-17(24)22-14-8-10-16(22)18(25)21-20;15-13-11-7-2-1-5-9(11)10-6-3-4-8-12(10)14-13;1-6(2,3)9-5(8)7-4;1-2/h15-16,23H,3-14H2,1-2H3,(H,21,25);1-8H,(H,14,15);1-4H3,(H,7,8);1-2H3/t15?,16?,20-;;;/m1.../s1. The molecule has 1 aromatic heterocycles. The second-order valence-corrected chi connectivity index (χ2v) is 14.2. The number of para-hydroxylation sites is 1. The molecule has 0 aliphatic carbocycles. The number of aromatic amines is 1. The largest absolute Gasteiger partial charge is 0.464 e. The normalized spacial score (nSPS) is 21.0. The number of amides is 3. The maximum absolute atomic E-state index is 12.9. The number of fused-ring (bicyclic) bond motifs is 4. The first kappa shape index (κ1) is 44.7. The van der Waals surface area contributed by atoms with Crippen LogP contribution in [0.25, 0.3) is 21.7 Å². The number of hydrogen-bond donors (Lipinski definition) is 4. The van der Waals surface area contributed by atoms with Gasteiger partial charge in [0.15, 0.2) is 0 Å². The molecule has 2 saturated heterocycles. The van der Waals surface area contributed by atoms with E-state index in [0.29, 0.717) is 38.6 Å². The van der Waals surface area contributed by atoms with Crippen LogP contribution in [0.5, 0.6) is 0 Å². The van der Waals surface area contributed by atoms with Crippen LogP contribution in [0, 0.1) is 0 Å². The Hall–Kier alpha value is -4.45. The number of ether oxygens (including phenoxy) is 2. The molecule has 0 bridgehead atoms. The first-order chi connectivity index (χ1) is 25.2. The zero-order valence-electron chi connectivity index (χ0n) is 33.0. The van der Waals surface area contributed by atoms with E-state index in [1.54, 1.807) is 18.7 Å². The van der Waals surface area contributed by atoms with Crippen molar-refractivity contribution in [2.45, 2.75) is 136 Å². The number of carbonyl (C=O) groups is 4. The van der Waals surface area contributed by atoms with E-state index in [1.807, 2.05) is 83.1 Å². The van der Waals surface area contributed by atoms with Gasteiger partial charge < -0.3 is 35.1 Å². The summed E-state index contributed by atoms with van der Waals surface area (Å²) in [5.74, 6) is -0.785. The number of aliphatic hydroxyl groups excluding tert-OH is 1. The molecule has 2 aliphatic heterocycles. The minimum absolute atomic E-state index is 0.0143. The first-order valence-electron chi connectivity index (χ1n) is 19.1. The fraction of sp³-hybridized carbons (Fsp3) is 0.585. The van der Waals surface area contributed by atoms with Gasteiger partial charge >= 0.3 is 12.1 Å². The van der Waals surface area contributed by atoms with Crippen molar-refractivity contribution in [2.75, 3.05) is 20.2 Å². The summed E-state index contributed by atoms with van der Waals surface area (Å²) in [6, 6.07) is 15.0. The highest BCUT2D eigenvalue weighted by molar-refractivity contribution is 6.05. The number of rotatable bonds is 2. The van der Waals surface area contributed by atoms with Gasteiger partial charge in [0, 0.05) is 36.3 Å². The van der Waals surface area contributed by atoms with Crippen LogP contribution in [-0.2, 0) is 23.9 Å². The third kappa shape index (κ3) is 14.1. The number of H-pyrrole nitrogens is 1. The molecule has 12 nitrogen and oxygen atoms in total. The third-order valence-corrected chi connectivity index (χ3v) is 8.90. The Morgan fingerprint density at radius 2 is 1.53 bits per heavy atom. The average Bonchev–Trinajstić information content (AvgIpc) is 3.63. The van der Waals surface area contributed by atoms with Crippen LogP contribution < -0.4 is 16.2 Å². The summed E-state index contributed by atoms with van der Waals surface area (Å²) in [6.07, 6.45) is 5.96. The van der Waals surface area contributed by atoms with E-state index in [2.05, 4.69) is 15.6 Å². The number of alkyl carbamates (subject to hydrolysis) is 1. The van der Waals surface area contributed by atoms with Crippen molar-refractivity contribution in [3.63, 3.8) is 0 Å². The molecule has 0 saturated carbocycles. The van der Waals surface area contributed by atoms with Gasteiger partial charge in [0.2, 0.25) is 11.8 Å². The SMILES string of the molecule is CC.CCOC(=O)[C@@]1(C)CCC(O)CCCCCCC(=O)N2CCCC2C(=O)N1.CNC(=O)OC(C)(C)C.O=c1[nH]c2ccccc2c2ccccc12. The van der Waals surface area contributed by atoms with Crippen molar-refractivity contribution in [3.05, 3.63) is 58.9 Å². The molecule has 294 valence electrons. The summed E-state index contributed by atoms with van der Waals surface area (Å²) in [7, 11) is 1.54. The molecular weight excluding hydrogens is 676 g/mol. The van der Waals surface area contributed by atoms with Gasteiger partial charge in [-0.25, -0.2) is 9.59 Å². The maximum Gasteiger partial charge on any atom is 0.407 e. The molecule has 12 heteroatoms. The minimum Gasteiger partial charge on any atom is -0.464 e. The number of aromatic nitrogens is 1.